The highest BCUT2D eigenvalue weighted by molar-refractivity contribution is 8.23. The molecule has 0 amide bonds. The van der Waals surface area contributed by atoms with E-state index in [9.17, 15) is 0 Å². The van der Waals surface area contributed by atoms with Crippen LogP contribution in [0.1, 0.15) is 11.3 Å². The maximum atomic E-state index is 5.27. The maximum Gasteiger partial charge on any atom is 0.0960 e. The van der Waals surface area contributed by atoms with Gasteiger partial charge in [-0.3, -0.25) is 5.10 Å². The Hall–Kier alpha value is -1.13. The number of hydrogen-bond donors (Lipinski definition) is 1. The number of benzene rings is 1. The summed E-state index contributed by atoms with van der Waals surface area (Å²) < 4.78 is 0.858. The zero-order valence-corrected chi connectivity index (χ0v) is 9.65. The predicted molar refractivity (Wildman–Crippen MR) is 68.0 cm³/mol. The van der Waals surface area contributed by atoms with Crippen LogP contribution < -0.4 is 0 Å². The highest BCUT2D eigenvalue weighted by atomic mass is 32.2. The van der Waals surface area contributed by atoms with Gasteiger partial charge < -0.3 is 0 Å². The Kier molecular flexibility index (Phi) is 3.53. The zero-order valence-electron chi connectivity index (χ0n) is 8.01. The van der Waals surface area contributed by atoms with Crippen molar-refractivity contribution in [3.8, 4) is 0 Å². The number of hydrogen-bond acceptors (Lipinski definition) is 3. The van der Waals surface area contributed by atoms with Crippen molar-refractivity contribution in [1.82, 2.24) is 10.2 Å². The highest BCUT2D eigenvalue weighted by Crippen LogP contribution is 2.17. The molecule has 0 saturated carbocycles. The zero-order chi connectivity index (χ0) is 10.5. The molecule has 1 aromatic heterocycles. The van der Waals surface area contributed by atoms with Crippen LogP contribution in [0.2, 0.25) is 0 Å². The molecule has 0 saturated heterocycles. The monoisotopic (exact) mass is 234 g/mol. The number of thioether (sulfide) groups is 1. The first kappa shape index (κ1) is 10.4. The second-order valence-corrected chi connectivity index (χ2v) is 4.68. The van der Waals surface area contributed by atoms with Gasteiger partial charge in [0.25, 0.3) is 0 Å². The fraction of sp³-hybridized carbons (Fsp3) is 0.0909. The summed E-state index contributed by atoms with van der Waals surface area (Å²) in [6, 6.07) is 12.2. The van der Waals surface area contributed by atoms with Gasteiger partial charge in [-0.25, -0.2) is 0 Å². The fourth-order valence-electron chi connectivity index (χ4n) is 1.17. The first-order chi connectivity index (χ1) is 7.36. The predicted octanol–water partition coefficient (Wildman–Crippen LogP) is 3.02. The van der Waals surface area contributed by atoms with Crippen molar-refractivity contribution in [2.45, 2.75) is 5.75 Å². The Morgan fingerprint density at radius 1 is 1.27 bits per heavy atom. The van der Waals surface area contributed by atoms with Crippen molar-refractivity contribution in [3.63, 3.8) is 0 Å². The molecule has 4 heteroatoms. The molecule has 0 radical (unpaired) electrons. The molecule has 2 rings (SSSR count). The van der Waals surface area contributed by atoms with Gasteiger partial charge >= 0.3 is 0 Å². The van der Waals surface area contributed by atoms with E-state index in [0.717, 1.165) is 15.6 Å². The van der Waals surface area contributed by atoms with Crippen LogP contribution in [0.15, 0.2) is 42.6 Å². The van der Waals surface area contributed by atoms with Crippen molar-refractivity contribution in [2.75, 3.05) is 0 Å². The Labute approximate surface area is 98.1 Å². The molecule has 1 aromatic carbocycles. The van der Waals surface area contributed by atoms with E-state index in [1.165, 1.54) is 5.56 Å². The van der Waals surface area contributed by atoms with Crippen LogP contribution >= 0.6 is 24.0 Å². The smallest absolute Gasteiger partial charge is 0.0960 e. The van der Waals surface area contributed by atoms with E-state index in [1.807, 2.05) is 24.3 Å². The Bertz CT molecular complexity index is 423. The SMILES string of the molecule is S=C(SCc1ccccc1)c1ccn[nH]1. The normalized spacial score (nSPS) is 10.1. The lowest BCUT2D eigenvalue weighted by molar-refractivity contribution is 1.08. The van der Waals surface area contributed by atoms with Crippen LogP contribution in [0, 0.1) is 0 Å². The van der Waals surface area contributed by atoms with Crippen molar-refractivity contribution >= 4 is 28.2 Å². The van der Waals surface area contributed by atoms with Crippen LogP contribution in [-0.2, 0) is 5.75 Å². The van der Waals surface area contributed by atoms with Gasteiger partial charge in [-0.05, 0) is 11.6 Å². The van der Waals surface area contributed by atoms with E-state index in [0.29, 0.717) is 0 Å². The molecule has 0 unspecified atom stereocenters. The van der Waals surface area contributed by atoms with Gasteiger partial charge in [-0.1, -0.05) is 42.5 Å². The number of nitrogens with zero attached hydrogens (tertiary/aromatic N) is 1. The molecule has 0 spiro atoms. The molecule has 76 valence electrons. The van der Waals surface area contributed by atoms with Crippen molar-refractivity contribution in [1.29, 1.82) is 0 Å². The van der Waals surface area contributed by atoms with Crippen LogP contribution in [0.25, 0.3) is 0 Å². The Morgan fingerprint density at radius 2 is 2.07 bits per heavy atom. The first-order valence-electron chi connectivity index (χ1n) is 4.56. The fourth-order valence-corrected chi connectivity index (χ4v) is 2.22. The van der Waals surface area contributed by atoms with Gasteiger partial charge in [-0.15, -0.1) is 11.8 Å². The standard InChI is InChI=1S/C11H10N2S2/c14-11(10-6-7-12-13-10)15-8-9-4-2-1-3-5-9/h1-7H,8H2,(H,12,13). The average Bonchev–Trinajstić information content (AvgIpc) is 2.81. The third kappa shape index (κ3) is 2.91. The lowest BCUT2D eigenvalue weighted by Gasteiger charge is -2.01. The van der Waals surface area contributed by atoms with E-state index in [2.05, 4.69) is 22.3 Å². The third-order valence-electron chi connectivity index (χ3n) is 1.93. The largest absolute Gasteiger partial charge is 0.276 e. The number of H-pyrrole nitrogens is 1. The molecule has 2 nitrogen and oxygen atoms in total. The van der Waals surface area contributed by atoms with Gasteiger partial charge in [-0.2, -0.15) is 5.10 Å². The number of aromatic amines is 1. The van der Waals surface area contributed by atoms with Crippen LogP contribution in [0.4, 0.5) is 0 Å². The van der Waals surface area contributed by atoms with Gasteiger partial charge in [0.15, 0.2) is 0 Å². The quantitative estimate of drug-likeness (QED) is 0.828. The molecule has 1 N–H and O–H groups in total. The third-order valence-corrected chi connectivity index (χ3v) is 3.47. The average molecular weight is 234 g/mol. The summed E-state index contributed by atoms with van der Waals surface area (Å²) in [5.74, 6) is 0.901. The first-order valence-corrected chi connectivity index (χ1v) is 5.96. The number of rotatable bonds is 3. The van der Waals surface area contributed by atoms with Gasteiger partial charge in [0.2, 0.25) is 0 Å². The molecule has 0 aliphatic carbocycles. The molecule has 1 heterocycles. The number of aromatic nitrogens is 2. The molecular formula is C11H10N2S2. The van der Waals surface area contributed by atoms with Crippen molar-refractivity contribution in [3.05, 3.63) is 53.9 Å². The molecule has 0 aliphatic heterocycles. The Balaban J connectivity index is 1.92. The van der Waals surface area contributed by atoms with Crippen LogP contribution in [0.3, 0.4) is 0 Å². The summed E-state index contributed by atoms with van der Waals surface area (Å²) in [7, 11) is 0. The summed E-state index contributed by atoms with van der Waals surface area (Å²) in [4.78, 5) is 0. The number of nitrogens with one attached hydrogen (secondary N) is 1. The minimum Gasteiger partial charge on any atom is -0.276 e. The maximum absolute atomic E-state index is 5.27. The molecule has 0 aliphatic rings. The Morgan fingerprint density at radius 3 is 2.73 bits per heavy atom. The van der Waals surface area contributed by atoms with E-state index in [4.69, 9.17) is 12.2 Å². The molecule has 0 fully saturated rings. The second-order valence-electron chi connectivity index (χ2n) is 3.03. The molecule has 0 bridgehead atoms. The highest BCUT2D eigenvalue weighted by Gasteiger charge is 2.03. The van der Waals surface area contributed by atoms with Crippen molar-refractivity contribution in [2.24, 2.45) is 0 Å². The van der Waals surface area contributed by atoms with E-state index in [-0.39, 0.29) is 0 Å². The second kappa shape index (κ2) is 5.09. The topological polar surface area (TPSA) is 28.7 Å². The summed E-state index contributed by atoms with van der Waals surface area (Å²) in [6.45, 7) is 0. The molecular weight excluding hydrogens is 224 g/mol. The van der Waals surface area contributed by atoms with Gasteiger partial charge in [0.05, 0.1) is 9.89 Å². The summed E-state index contributed by atoms with van der Waals surface area (Å²) in [6.07, 6.45) is 1.71. The van der Waals surface area contributed by atoms with Gasteiger partial charge in [0.1, 0.15) is 0 Å². The van der Waals surface area contributed by atoms with Crippen LogP contribution in [0.5, 0.6) is 0 Å². The molecule has 15 heavy (non-hydrogen) atoms. The molecule has 0 atom stereocenters. The lowest BCUT2D eigenvalue weighted by atomic mass is 10.2. The summed E-state index contributed by atoms with van der Waals surface area (Å²) >= 11 is 6.91. The van der Waals surface area contributed by atoms with E-state index in [1.54, 1.807) is 18.0 Å². The van der Waals surface area contributed by atoms with Crippen LogP contribution in [-0.4, -0.2) is 14.4 Å². The van der Waals surface area contributed by atoms with E-state index < -0.39 is 0 Å². The van der Waals surface area contributed by atoms with Gasteiger partial charge in [0, 0.05) is 11.9 Å². The van der Waals surface area contributed by atoms with E-state index >= 15 is 0 Å². The summed E-state index contributed by atoms with van der Waals surface area (Å²) in [5, 5.41) is 6.73. The minimum atomic E-state index is 0.858. The minimum absolute atomic E-state index is 0.858. The van der Waals surface area contributed by atoms with Crippen molar-refractivity contribution < 1.29 is 0 Å². The lowest BCUT2D eigenvalue weighted by Crippen LogP contribution is -1.93. The summed E-state index contributed by atoms with van der Waals surface area (Å²) in [5.41, 5.74) is 2.20. The molecule has 2 aromatic rings. The number of thiocarbonyl (C=S) groups is 1.